The molecule has 0 spiro atoms. The summed E-state index contributed by atoms with van der Waals surface area (Å²) in [6.45, 7) is 0. The topological polar surface area (TPSA) is 185 Å². The first-order chi connectivity index (χ1) is 27.5. The summed E-state index contributed by atoms with van der Waals surface area (Å²) in [5.41, 5.74) is 13.7. The van der Waals surface area contributed by atoms with Gasteiger partial charge in [-0.3, -0.25) is 0 Å². The van der Waals surface area contributed by atoms with E-state index in [0.717, 1.165) is 112 Å². The second-order valence-corrected chi connectivity index (χ2v) is 13.3. The van der Waals surface area contributed by atoms with Gasteiger partial charge < -0.3 is 45.3 Å². The van der Waals surface area contributed by atoms with E-state index in [-0.39, 0.29) is 63.4 Å². The second kappa shape index (κ2) is 19.4. The van der Waals surface area contributed by atoms with Crippen LogP contribution in [0.2, 0.25) is 0 Å². The SMILES string of the molecule is COc1ccc(-c2c3nc(c(-c4ccc(OC)cc4)c4ccc([n-]4)c(-c4ccc(OC)cc4)c4nc(c(-c5ccc(OC)cc5)c5ccc2[n-]5)C=C4)C=C3)cc1.O.O.O.[Yb+3]. The van der Waals surface area contributed by atoms with Crippen LogP contribution in [0.5, 0.6) is 23.0 Å². The van der Waals surface area contributed by atoms with Crippen LogP contribution in [0.4, 0.5) is 0 Å². The normalized spacial score (nSPS) is 11.0. The molecule has 309 valence electrons. The van der Waals surface area contributed by atoms with Gasteiger partial charge in [0.15, 0.2) is 0 Å². The van der Waals surface area contributed by atoms with Gasteiger partial charge in [0.1, 0.15) is 23.0 Å². The molecule has 60 heavy (non-hydrogen) atoms. The van der Waals surface area contributed by atoms with Gasteiger partial charge in [-0.15, -0.1) is 22.1 Å². The number of nitrogens with zero attached hydrogens (tertiary/aromatic N) is 4. The first kappa shape index (κ1) is 45.2. The molecule has 3 aromatic heterocycles. The molecule has 0 amide bonds. The van der Waals surface area contributed by atoms with Gasteiger partial charge >= 0.3 is 46.9 Å². The van der Waals surface area contributed by atoms with E-state index in [1.807, 2.05) is 97.1 Å². The van der Waals surface area contributed by atoms with Crippen molar-refractivity contribution >= 4 is 46.4 Å². The van der Waals surface area contributed by atoms with E-state index in [0.29, 0.717) is 0 Å². The van der Waals surface area contributed by atoms with E-state index >= 15 is 0 Å². The van der Waals surface area contributed by atoms with Crippen molar-refractivity contribution in [2.24, 2.45) is 0 Å². The van der Waals surface area contributed by atoms with Crippen molar-refractivity contribution in [3.63, 3.8) is 0 Å². The van der Waals surface area contributed by atoms with E-state index in [4.69, 9.17) is 38.9 Å². The van der Waals surface area contributed by atoms with Gasteiger partial charge in [-0.25, -0.2) is 9.97 Å². The van der Waals surface area contributed by atoms with Gasteiger partial charge in [-0.05, 0) is 117 Å². The molecule has 8 bridgehead atoms. The molecule has 1 radical (unpaired) electrons. The summed E-state index contributed by atoms with van der Waals surface area (Å²) in [4.78, 5) is 21.4. The van der Waals surface area contributed by atoms with Crippen LogP contribution in [0.15, 0.2) is 121 Å². The molecule has 6 N–H and O–H groups in total. The van der Waals surface area contributed by atoms with Gasteiger partial charge in [0.25, 0.3) is 0 Å². The molecule has 0 atom stereocenters. The third-order valence-electron chi connectivity index (χ3n) is 10.1. The van der Waals surface area contributed by atoms with E-state index in [9.17, 15) is 0 Å². The van der Waals surface area contributed by atoms with Gasteiger partial charge in [-0.2, -0.15) is 0 Å². The molecular weight excluding hydrogens is 918 g/mol. The van der Waals surface area contributed by atoms with Crippen LogP contribution in [0.1, 0.15) is 22.8 Å². The Morgan fingerprint density at radius 2 is 0.517 bits per heavy atom. The number of hydrogen-bond acceptors (Lipinski definition) is 6. The predicted molar refractivity (Wildman–Crippen MR) is 236 cm³/mol. The smallest absolute Gasteiger partial charge is 0.657 e. The van der Waals surface area contributed by atoms with E-state index in [2.05, 4.69) is 48.6 Å². The van der Waals surface area contributed by atoms with Crippen molar-refractivity contribution in [3.8, 4) is 67.5 Å². The summed E-state index contributed by atoms with van der Waals surface area (Å²) < 4.78 is 22.1. The Labute approximate surface area is 385 Å². The molecule has 0 saturated heterocycles. The van der Waals surface area contributed by atoms with Gasteiger partial charge in [0.05, 0.1) is 51.2 Å². The fourth-order valence-corrected chi connectivity index (χ4v) is 7.30. The summed E-state index contributed by atoms with van der Waals surface area (Å²) in [5.74, 6) is 3.06. The van der Waals surface area contributed by atoms with E-state index < -0.39 is 0 Å². The summed E-state index contributed by atoms with van der Waals surface area (Å²) in [7, 11) is 6.67. The standard InChI is InChI=1S/C48H36N4O4.3H2O.Yb/c1-53-33-13-5-29(6-14-33)45-37-21-23-39(49-37)46(30-7-15-34(54-2)16-8-30)41-25-27-43(51-41)48(32-11-19-36(56-4)20-12-32)44-28-26-42(52-44)47(40-24-22-38(45)50-40)31-9-17-35(55-3)18-10-31;;;;/h5-28H,1-4H3;3*1H2;/q-2;;;;+3. The summed E-state index contributed by atoms with van der Waals surface area (Å²) in [5, 5.41) is 0. The van der Waals surface area contributed by atoms with E-state index in [1.54, 1.807) is 28.4 Å². The largest absolute Gasteiger partial charge is 3.00 e. The molecule has 5 heterocycles. The quantitative estimate of drug-likeness (QED) is 0.146. The Morgan fingerprint density at radius 1 is 0.317 bits per heavy atom. The molecule has 2 aliphatic rings. The first-order valence-corrected chi connectivity index (χ1v) is 18.2. The average Bonchev–Trinajstić information content (AvgIpc) is 4.10. The number of hydrogen-bond donors (Lipinski definition) is 0. The van der Waals surface area contributed by atoms with Gasteiger partial charge in [0.2, 0.25) is 0 Å². The molecule has 0 unspecified atom stereocenters. The molecule has 12 heteroatoms. The molecule has 0 aliphatic carbocycles. The van der Waals surface area contributed by atoms with Crippen LogP contribution in [-0.4, -0.2) is 54.8 Å². The van der Waals surface area contributed by atoms with Crippen LogP contribution < -0.4 is 28.9 Å². The van der Waals surface area contributed by atoms with Crippen molar-refractivity contribution < 1.29 is 82.3 Å². The number of benzene rings is 4. The molecule has 0 fully saturated rings. The monoisotopic (exact) mass is 960 g/mol. The molecule has 2 aliphatic heterocycles. The Bertz CT molecular complexity index is 2450. The predicted octanol–water partition coefficient (Wildman–Crippen LogP) is 8.14. The zero-order chi connectivity index (χ0) is 38.2. The second-order valence-electron chi connectivity index (χ2n) is 13.3. The Morgan fingerprint density at radius 3 is 0.700 bits per heavy atom. The summed E-state index contributed by atoms with van der Waals surface area (Å²) >= 11 is 0. The van der Waals surface area contributed by atoms with Gasteiger partial charge in [0, 0.05) is 0 Å². The minimum Gasteiger partial charge on any atom is -0.657 e. The van der Waals surface area contributed by atoms with Crippen molar-refractivity contribution in [2.75, 3.05) is 28.4 Å². The third kappa shape index (κ3) is 8.55. The number of ether oxygens (including phenoxy) is 4. The molecule has 4 aromatic carbocycles. The average molecular weight is 960 g/mol. The third-order valence-corrected chi connectivity index (χ3v) is 10.1. The zero-order valence-corrected chi connectivity index (χ0v) is 34.8. The van der Waals surface area contributed by atoms with Crippen molar-refractivity contribution in [3.05, 3.63) is 144 Å². The number of rotatable bonds is 8. The molecule has 7 aromatic rings. The molecule has 11 nitrogen and oxygen atoms in total. The Balaban J connectivity index is 0.00000171. The van der Waals surface area contributed by atoms with Crippen LogP contribution in [0.3, 0.4) is 0 Å². The molecule has 9 rings (SSSR count). The van der Waals surface area contributed by atoms with Gasteiger partial charge in [-0.1, -0.05) is 72.8 Å². The fraction of sp³-hybridized carbons (Fsp3) is 0.0833. The van der Waals surface area contributed by atoms with E-state index in [1.165, 1.54) is 0 Å². The van der Waals surface area contributed by atoms with Crippen molar-refractivity contribution in [1.29, 1.82) is 0 Å². The van der Waals surface area contributed by atoms with Crippen molar-refractivity contribution in [2.45, 2.75) is 0 Å². The molecule has 0 saturated carbocycles. The minimum absolute atomic E-state index is 0. The van der Waals surface area contributed by atoms with Crippen LogP contribution in [-0.2, 0) is 0 Å². The Hall–Kier alpha value is -5.92. The number of aromatic nitrogens is 4. The van der Waals surface area contributed by atoms with Crippen molar-refractivity contribution in [1.82, 2.24) is 19.9 Å². The fourth-order valence-electron chi connectivity index (χ4n) is 7.30. The van der Waals surface area contributed by atoms with Crippen LogP contribution >= 0.6 is 0 Å². The first-order valence-electron chi connectivity index (χ1n) is 18.2. The minimum atomic E-state index is 0. The maximum Gasteiger partial charge on any atom is 3.00 e. The number of fused-ring (bicyclic) bond motifs is 8. The maximum atomic E-state index is 5.52. The zero-order valence-electron chi connectivity index (χ0n) is 33.0. The summed E-state index contributed by atoms with van der Waals surface area (Å²) in [6.07, 6.45) is 8.23. The maximum absolute atomic E-state index is 5.52. The summed E-state index contributed by atoms with van der Waals surface area (Å²) in [6, 6.07) is 40.3. The van der Waals surface area contributed by atoms with Crippen LogP contribution in [0.25, 0.3) is 90.9 Å². The van der Waals surface area contributed by atoms with Crippen LogP contribution in [0, 0.1) is 46.9 Å². The Kier molecular flexibility index (Phi) is 14.6. The number of methoxy groups -OCH3 is 4. The molecular formula is C48H42N4O7Yb+.